The van der Waals surface area contributed by atoms with Crippen molar-refractivity contribution in [2.24, 2.45) is 5.92 Å². The monoisotopic (exact) mass is 299 g/mol. The third kappa shape index (κ3) is 2.69. The van der Waals surface area contributed by atoms with Gasteiger partial charge in [0.1, 0.15) is 6.04 Å². The third-order valence-corrected chi connectivity index (χ3v) is 3.45. The van der Waals surface area contributed by atoms with Crippen LogP contribution in [0.1, 0.15) is 42.0 Å². The van der Waals surface area contributed by atoms with Crippen molar-refractivity contribution in [1.82, 2.24) is 25.4 Å². The van der Waals surface area contributed by atoms with Gasteiger partial charge in [-0.2, -0.15) is 4.98 Å². The summed E-state index contributed by atoms with van der Waals surface area (Å²) in [6.45, 7) is 5.73. The van der Waals surface area contributed by atoms with Crippen LogP contribution in [-0.2, 0) is 0 Å². The Morgan fingerprint density at radius 3 is 2.86 bits per heavy atom. The maximum Gasteiger partial charge on any atom is 0.252 e. The molecule has 0 aliphatic heterocycles. The number of aromatic amines is 1. The first-order valence-electron chi connectivity index (χ1n) is 7.09. The van der Waals surface area contributed by atoms with E-state index in [0.717, 1.165) is 11.0 Å². The van der Waals surface area contributed by atoms with Crippen LogP contribution in [0.15, 0.2) is 29.0 Å². The minimum atomic E-state index is -0.328. The van der Waals surface area contributed by atoms with Gasteiger partial charge in [0, 0.05) is 5.56 Å². The maximum absolute atomic E-state index is 12.5. The number of hydrogen-bond acceptors (Lipinski definition) is 5. The molecular weight excluding hydrogens is 282 g/mol. The van der Waals surface area contributed by atoms with Gasteiger partial charge in [0.25, 0.3) is 5.91 Å². The Balaban J connectivity index is 1.84. The van der Waals surface area contributed by atoms with Gasteiger partial charge in [0.2, 0.25) is 5.89 Å². The fraction of sp³-hybridized carbons (Fsp3) is 0.333. The first-order chi connectivity index (χ1) is 10.5. The Morgan fingerprint density at radius 2 is 2.18 bits per heavy atom. The molecule has 0 radical (unpaired) electrons. The van der Waals surface area contributed by atoms with Crippen molar-refractivity contribution in [2.75, 3.05) is 0 Å². The van der Waals surface area contributed by atoms with E-state index in [1.807, 2.05) is 19.9 Å². The van der Waals surface area contributed by atoms with Crippen LogP contribution in [0.4, 0.5) is 0 Å². The van der Waals surface area contributed by atoms with Gasteiger partial charge >= 0.3 is 0 Å². The molecule has 0 bridgehead atoms. The first kappa shape index (κ1) is 14.2. The van der Waals surface area contributed by atoms with Crippen molar-refractivity contribution < 1.29 is 9.32 Å². The van der Waals surface area contributed by atoms with Crippen molar-refractivity contribution in [1.29, 1.82) is 0 Å². The van der Waals surface area contributed by atoms with Crippen LogP contribution in [0, 0.1) is 12.8 Å². The Bertz CT molecular complexity index is 805. The lowest BCUT2D eigenvalue weighted by atomic mass is 10.0. The maximum atomic E-state index is 12.5. The van der Waals surface area contributed by atoms with Gasteiger partial charge in [-0.3, -0.25) is 4.79 Å². The molecule has 0 saturated heterocycles. The molecule has 2 aromatic heterocycles. The van der Waals surface area contributed by atoms with E-state index in [-0.39, 0.29) is 17.9 Å². The van der Waals surface area contributed by atoms with Crippen molar-refractivity contribution in [3.8, 4) is 0 Å². The second-order valence-corrected chi connectivity index (χ2v) is 5.51. The van der Waals surface area contributed by atoms with E-state index in [1.165, 1.54) is 0 Å². The van der Waals surface area contributed by atoms with Gasteiger partial charge in [-0.15, -0.1) is 0 Å². The topological polar surface area (TPSA) is 96.7 Å². The molecule has 3 rings (SSSR count). The normalized spacial score (nSPS) is 12.7. The van der Waals surface area contributed by atoms with Gasteiger partial charge in [-0.25, -0.2) is 4.98 Å². The second-order valence-electron chi connectivity index (χ2n) is 5.51. The molecule has 22 heavy (non-hydrogen) atoms. The van der Waals surface area contributed by atoms with Crippen molar-refractivity contribution in [3.05, 3.63) is 41.8 Å². The van der Waals surface area contributed by atoms with Gasteiger partial charge in [0.05, 0.1) is 17.4 Å². The highest BCUT2D eigenvalue weighted by Crippen LogP contribution is 2.21. The van der Waals surface area contributed by atoms with E-state index in [2.05, 4.69) is 25.4 Å². The molecule has 3 aromatic rings. The first-order valence-corrected chi connectivity index (χ1v) is 7.09. The fourth-order valence-electron chi connectivity index (χ4n) is 2.25. The molecule has 7 heteroatoms. The zero-order chi connectivity index (χ0) is 15.7. The minimum Gasteiger partial charge on any atom is -0.345 e. The zero-order valence-corrected chi connectivity index (χ0v) is 12.6. The largest absolute Gasteiger partial charge is 0.345 e. The van der Waals surface area contributed by atoms with Crippen LogP contribution in [0.25, 0.3) is 11.0 Å². The molecule has 1 atom stereocenters. The predicted molar refractivity (Wildman–Crippen MR) is 80.2 cm³/mol. The second kappa shape index (κ2) is 5.59. The molecule has 0 aliphatic rings. The Kier molecular flexibility index (Phi) is 3.62. The summed E-state index contributed by atoms with van der Waals surface area (Å²) >= 11 is 0. The van der Waals surface area contributed by atoms with Gasteiger partial charge < -0.3 is 14.8 Å². The molecule has 0 fully saturated rings. The summed E-state index contributed by atoms with van der Waals surface area (Å²) in [6, 6.07) is 5.00. The number of amides is 1. The molecule has 1 aromatic carbocycles. The summed E-state index contributed by atoms with van der Waals surface area (Å²) in [5, 5.41) is 6.73. The fourth-order valence-corrected chi connectivity index (χ4v) is 2.25. The molecule has 2 N–H and O–H groups in total. The summed E-state index contributed by atoms with van der Waals surface area (Å²) in [5.74, 6) is 0.906. The molecule has 0 spiro atoms. The van der Waals surface area contributed by atoms with Crippen molar-refractivity contribution in [3.63, 3.8) is 0 Å². The van der Waals surface area contributed by atoms with Crippen LogP contribution in [0.3, 0.4) is 0 Å². The van der Waals surface area contributed by atoms with E-state index in [0.29, 0.717) is 17.3 Å². The van der Waals surface area contributed by atoms with Gasteiger partial charge in [-0.1, -0.05) is 19.0 Å². The number of H-pyrrole nitrogens is 1. The number of aromatic nitrogens is 4. The highest BCUT2D eigenvalue weighted by molar-refractivity contribution is 5.97. The number of fused-ring (bicyclic) bond motifs is 1. The molecule has 0 aliphatic carbocycles. The average molecular weight is 299 g/mol. The Labute approximate surface area is 127 Å². The SMILES string of the molecule is Cc1noc([C@@H](NC(=O)c2ccc3nc[nH]c3c2)C(C)C)n1. The van der Waals surface area contributed by atoms with Crippen LogP contribution in [0.5, 0.6) is 0 Å². The molecule has 0 saturated carbocycles. The summed E-state index contributed by atoms with van der Waals surface area (Å²) in [5.41, 5.74) is 2.20. The Morgan fingerprint density at radius 1 is 1.36 bits per heavy atom. The lowest BCUT2D eigenvalue weighted by Gasteiger charge is -2.18. The summed E-state index contributed by atoms with van der Waals surface area (Å²) in [7, 11) is 0. The van der Waals surface area contributed by atoms with E-state index < -0.39 is 0 Å². The van der Waals surface area contributed by atoms with Crippen LogP contribution in [0.2, 0.25) is 0 Å². The molecular formula is C15H17N5O2. The number of nitrogens with zero attached hydrogens (tertiary/aromatic N) is 3. The number of hydrogen-bond donors (Lipinski definition) is 2. The smallest absolute Gasteiger partial charge is 0.252 e. The standard InChI is InChI=1S/C15H17N5O2/c1-8(2)13(15-18-9(3)20-22-15)19-14(21)10-4-5-11-12(6-10)17-7-16-11/h4-8,13H,1-3H3,(H,16,17)(H,19,21)/t13-/m0/s1. The molecule has 0 unspecified atom stereocenters. The number of carbonyl (C=O) groups excluding carboxylic acids is 1. The number of imidazole rings is 1. The third-order valence-electron chi connectivity index (χ3n) is 3.45. The number of rotatable bonds is 4. The average Bonchev–Trinajstić information content (AvgIpc) is 3.11. The molecule has 7 nitrogen and oxygen atoms in total. The van der Waals surface area contributed by atoms with Crippen LogP contribution < -0.4 is 5.32 Å². The number of carbonyl (C=O) groups is 1. The lowest BCUT2D eigenvalue weighted by molar-refractivity contribution is 0.0914. The molecule has 114 valence electrons. The Hall–Kier alpha value is -2.70. The molecule has 2 heterocycles. The number of nitrogens with one attached hydrogen (secondary N) is 2. The zero-order valence-electron chi connectivity index (χ0n) is 12.6. The van der Waals surface area contributed by atoms with Crippen LogP contribution in [-0.4, -0.2) is 26.0 Å². The van der Waals surface area contributed by atoms with E-state index >= 15 is 0 Å². The highest BCUT2D eigenvalue weighted by Gasteiger charge is 2.24. The highest BCUT2D eigenvalue weighted by atomic mass is 16.5. The van der Waals surface area contributed by atoms with Gasteiger partial charge in [0.15, 0.2) is 5.82 Å². The van der Waals surface area contributed by atoms with Crippen molar-refractivity contribution in [2.45, 2.75) is 26.8 Å². The summed E-state index contributed by atoms with van der Waals surface area (Å²) in [4.78, 5) is 23.8. The minimum absolute atomic E-state index is 0.125. The van der Waals surface area contributed by atoms with Gasteiger partial charge in [-0.05, 0) is 31.0 Å². The number of benzene rings is 1. The summed E-state index contributed by atoms with van der Waals surface area (Å²) < 4.78 is 5.19. The molecule has 1 amide bonds. The van der Waals surface area contributed by atoms with Crippen LogP contribution >= 0.6 is 0 Å². The lowest BCUT2D eigenvalue weighted by Crippen LogP contribution is -2.32. The van der Waals surface area contributed by atoms with Crippen molar-refractivity contribution >= 4 is 16.9 Å². The van der Waals surface area contributed by atoms with E-state index in [4.69, 9.17) is 4.52 Å². The van der Waals surface area contributed by atoms with E-state index in [1.54, 1.807) is 25.4 Å². The summed E-state index contributed by atoms with van der Waals surface area (Å²) in [6.07, 6.45) is 1.60. The predicted octanol–water partition coefficient (Wildman–Crippen LogP) is 2.38. The quantitative estimate of drug-likeness (QED) is 0.771. The number of aryl methyl sites for hydroxylation is 1. The van der Waals surface area contributed by atoms with E-state index in [9.17, 15) is 4.79 Å².